The molecule has 0 fully saturated rings. The van der Waals surface area contributed by atoms with Gasteiger partial charge in [0, 0.05) is 23.1 Å². The van der Waals surface area contributed by atoms with E-state index in [0.717, 1.165) is 20.6 Å². The summed E-state index contributed by atoms with van der Waals surface area (Å²) < 4.78 is 1.86. The average Bonchev–Trinajstić information content (AvgIpc) is 2.75. The van der Waals surface area contributed by atoms with Crippen LogP contribution in [-0.4, -0.2) is 15.0 Å². The van der Waals surface area contributed by atoms with Gasteiger partial charge in [-0.1, -0.05) is 0 Å². The number of hydrogen-bond acceptors (Lipinski definition) is 3. The molecular weight excluding hydrogens is 336 g/mol. The van der Waals surface area contributed by atoms with Crippen LogP contribution < -0.4 is 5.32 Å². The quantitative estimate of drug-likeness (QED) is 0.895. The maximum atomic E-state index is 4.28. The first-order valence-corrected chi connectivity index (χ1v) is 6.32. The first-order chi connectivity index (χ1) is 7.66. The van der Waals surface area contributed by atoms with Gasteiger partial charge in [-0.2, -0.15) is 0 Å². The van der Waals surface area contributed by atoms with Crippen molar-refractivity contribution in [2.45, 2.75) is 13.0 Å². The lowest BCUT2D eigenvalue weighted by atomic mass is 10.3. The third-order valence-electron chi connectivity index (χ3n) is 2.09. The van der Waals surface area contributed by atoms with Gasteiger partial charge in [-0.05, 0) is 44.8 Å². The number of nitrogens with one attached hydrogen (secondary N) is 2. The molecule has 0 saturated carbocycles. The molecule has 0 radical (unpaired) electrons. The summed E-state index contributed by atoms with van der Waals surface area (Å²) in [7, 11) is 0. The monoisotopic (exact) mass is 344 g/mol. The van der Waals surface area contributed by atoms with Gasteiger partial charge >= 0.3 is 0 Å². The number of hydrogen-bond donors (Lipinski definition) is 2. The third-order valence-corrected chi connectivity index (χ3v) is 3.13. The van der Waals surface area contributed by atoms with Crippen LogP contribution in [0.3, 0.4) is 0 Å². The van der Waals surface area contributed by atoms with E-state index in [1.807, 2.05) is 13.0 Å². The fourth-order valence-corrected chi connectivity index (χ4v) is 2.41. The highest BCUT2D eigenvalue weighted by molar-refractivity contribution is 9.11. The number of nitrogens with zero attached hydrogens (tertiary/aromatic N) is 2. The normalized spacial score (nSPS) is 12.4. The number of aromatic nitrogens is 3. The Balaban J connectivity index is 2.15. The molecule has 2 heterocycles. The molecular formula is C10H10Br2N4. The van der Waals surface area contributed by atoms with Crippen LogP contribution in [-0.2, 0) is 0 Å². The molecule has 2 rings (SSSR count). The highest BCUT2D eigenvalue weighted by Crippen LogP contribution is 2.26. The zero-order valence-corrected chi connectivity index (χ0v) is 11.7. The first-order valence-electron chi connectivity index (χ1n) is 4.73. The first kappa shape index (κ1) is 11.6. The number of pyridine rings is 1. The Morgan fingerprint density at radius 1 is 1.38 bits per heavy atom. The number of imidazole rings is 1. The SMILES string of the molecule is CC(Nc1ncc(Br)cc1Br)c1ncc[nH]1. The van der Waals surface area contributed by atoms with Crippen LogP contribution in [0.2, 0.25) is 0 Å². The van der Waals surface area contributed by atoms with Crippen molar-refractivity contribution in [3.05, 3.63) is 39.4 Å². The van der Waals surface area contributed by atoms with Gasteiger partial charge in [0.05, 0.1) is 10.5 Å². The maximum Gasteiger partial charge on any atom is 0.140 e. The predicted octanol–water partition coefficient (Wildman–Crippen LogP) is 3.50. The van der Waals surface area contributed by atoms with Crippen LogP contribution >= 0.6 is 31.9 Å². The van der Waals surface area contributed by atoms with Crippen LogP contribution in [0.5, 0.6) is 0 Å². The van der Waals surface area contributed by atoms with Gasteiger partial charge in [0.15, 0.2) is 0 Å². The van der Waals surface area contributed by atoms with E-state index in [4.69, 9.17) is 0 Å². The molecule has 84 valence electrons. The van der Waals surface area contributed by atoms with Crippen molar-refractivity contribution in [3.8, 4) is 0 Å². The molecule has 6 heteroatoms. The zero-order chi connectivity index (χ0) is 11.5. The molecule has 1 atom stereocenters. The standard InChI is InChI=1S/C10H10Br2N4/c1-6(9-13-2-3-14-9)16-10-8(12)4-7(11)5-15-10/h2-6H,1H3,(H,13,14)(H,15,16). The van der Waals surface area contributed by atoms with Gasteiger partial charge in [0.2, 0.25) is 0 Å². The Morgan fingerprint density at radius 3 is 2.81 bits per heavy atom. The number of anilines is 1. The molecule has 0 aliphatic heterocycles. The number of H-pyrrole nitrogens is 1. The Labute approximate surface area is 110 Å². The summed E-state index contributed by atoms with van der Waals surface area (Å²) in [5, 5.41) is 3.27. The fraction of sp³-hybridized carbons (Fsp3) is 0.200. The lowest BCUT2D eigenvalue weighted by Crippen LogP contribution is -2.09. The van der Waals surface area contributed by atoms with Crippen LogP contribution in [0, 0.1) is 0 Å². The molecule has 0 aliphatic rings. The highest BCUT2D eigenvalue weighted by Gasteiger charge is 2.10. The van der Waals surface area contributed by atoms with Crippen LogP contribution in [0.4, 0.5) is 5.82 Å². The topological polar surface area (TPSA) is 53.6 Å². The molecule has 16 heavy (non-hydrogen) atoms. The lowest BCUT2D eigenvalue weighted by Gasteiger charge is -2.13. The lowest BCUT2D eigenvalue weighted by molar-refractivity contribution is 0.802. The minimum Gasteiger partial charge on any atom is -0.359 e. The Hall–Kier alpha value is -0.880. The van der Waals surface area contributed by atoms with E-state index in [1.165, 1.54) is 0 Å². The van der Waals surface area contributed by atoms with Crippen LogP contribution in [0.15, 0.2) is 33.6 Å². The summed E-state index contributed by atoms with van der Waals surface area (Å²) in [6.45, 7) is 2.02. The summed E-state index contributed by atoms with van der Waals surface area (Å²) >= 11 is 6.82. The number of halogens is 2. The number of aromatic amines is 1. The molecule has 0 bridgehead atoms. The molecule has 0 aliphatic carbocycles. The van der Waals surface area contributed by atoms with Crippen molar-refractivity contribution in [1.82, 2.24) is 15.0 Å². The molecule has 0 saturated heterocycles. The molecule has 0 spiro atoms. The molecule has 0 amide bonds. The summed E-state index contributed by atoms with van der Waals surface area (Å²) in [6, 6.07) is 2.03. The van der Waals surface area contributed by atoms with E-state index in [9.17, 15) is 0 Å². The van der Waals surface area contributed by atoms with E-state index in [0.29, 0.717) is 0 Å². The Morgan fingerprint density at radius 2 is 2.19 bits per heavy atom. The molecule has 1 unspecified atom stereocenters. The average molecular weight is 346 g/mol. The minimum absolute atomic E-state index is 0.0833. The van der Waals surface area contributed by atoms with E-state index >= 15 is 0 Å². The van der Waals surface area contributed by atoms with Crippen LogP contribution in [0.1, 0.15) is 18.8 Å². The van der Waals surface area contributed by atoms with Crippen molar-refractivity contribution in [1.29, 1.82) is 0 Å². The molecule has 0 aromatic carbocycles. The molecule has 2 aromatic heterocycles. The van der Waals surface area contributed by atoms with E-state index in [2.05, 4.69) is 52.1 Å². The summed E-state index contributed by atoms with van der Waals surface area (Å²) in [5.74, 6) is 1.68. The van der Waals surface area contributed by atoms with E-state index in [-0.39, 0.29) is 6.04 Å². The van der Waals surface area contributed by atoms with Crippen molar-refractivity contribution >= 4 is 37.7 Å². The van der Waals surface area contributed by atoms with Gasteiger partial charge in [-0.15, -0.1) is 0 Å². The van der Waals surface area contributed by atoms with Gasteiger partial charge in [0.1, 0.15) is 11.6 Å². The second-order valence-corrected chi connectivity index (χ2v) is 5.09. The van der Waals surface area contributed by atoms with E-state index in [1.54, 1.807) is 18.6 Å². The summed E-state index contributed by atoms with van der Waals surface area (Å²) in [4.78, 5) is 11.5. The van der Waals surface area contributed by atoms with Gasteiger partial charge in [-0.3, -0.25) is 0 Å². The fourth-order valence-electron chi connectivity index (χ4n) is 1.31. The second kappa shape index (κ2) is 4.97. The minimum atomic E-state index is 0.0833. The highest BCUT2D eigenvalue weighted by atomic mass is 79.9. The van der Waals surface area contributed by atoms with E-state index < -0.39 is 0 Å². The van der Waals surface area contributed by atoms with Crippen molar-refractivity contribution < 1.29 is 0 Å². The van der Waals surface area contributed by atoms with Crippen molar-refractivity contribution in [3.63, 3.8) is 0 Å². The number of rotatable bonds is 3. The van der Waals surface area contributed by atoms with Crippen LogP contribution in [0.25, 0.3) is 0 Å². The maximum absolute atomic E-state index is 4.28. The largest absolute Gasteiger partial charge is 0.359 e. The van der Waals surface area contributed by atoms with Crippen molar-refractivity contribution in [2.24, 2.45) is 0 Å². The second-order valence-electron chi connectivity index (χ2n) is 3.32. The molecule has 2 aromatic rings. The van der Waals surface area contributed by atoms with Gasteiger partial charge in [0.25, 0.3) is 0 Å². The zero-order valence-electron chi connectivity index (χ0n) is 8.54. The summed E-state index contributed by atoms with van der Waals surface area (Å²) in [6.07, 6.45) is 5.29. The predicted molar refractivity (Wildman–Crippen MR) is 70.3 cm³/mol. The van der Waals surface area contributed by atoms with Gasteiger partial charge < -0.3 is 10.3 Å². The van der Waals surface area contributed by atoms with Gasteiger partial charge in [-0.25, -0.2) is 9.97 Å². The third kappa shape index (κ3) is 2.62. The Kier molecular flexibility index (Phi) is 3.60. The molecule has 4 nitrogen and oxygen atoms in total. The summed E-state index contributed by atoms with van der Waals surface area (Å²) in [5.41, 5.74) is 0. The smallest absolute Gasteiger partial charge is 0.140 e. The molecule has 2 N–H and O–H groups in total. The Bertz CT molecular complexity index is 470. The van der Waals surface area contributed by atoms with Crippen molar-refractivity contribution in [2.75, 3.05) is 5.32 Å².